The van der Waals surface area contributed by atoms with Gasteiger partial charge in [-0.3, -0.25) is 19.3 Å². The number of rotatable bonds is 8. The maximum absolute atomic E-state index is 12.7. The number of nitrogens with one attached hydrogen (secondary N) is 1. The van der Waals surface area contributed by atoms with Crippen molar-refractivity contribution in [2.24, 2.45) is 0 Å². The summed E-state index contributed by atoms with van der Waals surface area (Å²) in [5.74, 6) is -1.60. The van der Waals surface area contributed by atoms with Crippen LogP contribution in [0.2, 0.25) is 0 Å². The van der Waals surface area contributed by atoms with Gasteiger partial charge in [0, 0.05) is 6.04 Å². The normalized spacial score (nSPS) is 14.6. The molecule has 2 aromatic rings. The Morgan fingerprint density at radius 2 is 1.69 bits per heavy atom. The average Bonchev–Trinajstić information content (AvgIpc) is 3.04. The first kappa shape index (κ1) is 23.0. The Labute approximate surface area is 186 Å². The third-order valence-electron chi connectivity index (χ3n) is 5.28. The average molecular weight is 438 g/mol. The van der Waals surface area contributed by atoms with Crippen molar-refractivity contribution >= 4 is 29.4 Å². The van der Waals surface area contributed by atoms with Gasteiger partial charge in [-0.25, -0.2) is 4.79 Å². The van der Waals surface area contributed by atoms with Gasteiger partial charge in [0.1, 0.15) is 5.75 Å². The summed E-state index contributed by atoms with van der Waals surface area (Å²) >= 11 is 0. The molecule has 0 bridgehead atoms. The van der Waals surface area contributed by atoms with Crippen molar-refractivity contribution in [1.82, 2.24) is 4.90 Å². The molecule has 0 saturated heterocycles. The summed E-state index contributed by atoms with van der Waals surface area (Å²) < 4.78 is 10.8. The first-order valence-corrected chi connectivity index (χ1v) is 10.5. The number of imide groups is 1. The second-order valence-corrected chi connectivity index (χ2v) is 7.46. The smallest absolute Gasteiger partial charge is 0.338 e. The Balaban J connectivity index is 1.71. The largest absolute Gasteiger partial charge is 0.492 e. The molecular weight excluding hydrogens is 412 g/mol. The number of anilines is 1. The molecule has 1 aliphatic rings. The third-order valence-corrected chi connectivity index (χ3v) is 5.28. The van der Waals surface area contributed by atoms with Crippen LogP contribution in [-0.2, 0) is 9.53 Å². The van der Waals surface area contributed by atoms with E-state index in [9.17, 15) is 19.2 Å². The molecule has 3 amide bonds. The van der Waals surface area contributed by atoms with Crippen molar-refractivity contribution < 1.29 is 28.7 Å². The van der Waals surface area contributed by atoms with Crippen LogP contribution in [0.25, 0.3) is 0 Å². The number of amides is 3. The molecular formula is C24H26N2O6. The fourth-order valence-corrected chi connectivity index (χ4v) is 3.34. The van der Waals surface area contributed by atoms with Gasteiger partial charge >= 0.3 is 5.97 Å². The van der Waals surface area contributed by atoms with E-state index in [2.05, 4.69) is 5.32 Å². The summed E-state index contributed by atoms with van der Waals surface area (Å²) in [5, 5.41) is 2.68. The van der Waals surface area contributed by atoms with E-state index >= 15 is 0 Å². The number of nitrogens with zero attached hydrogens (tertiary/aromatic N) is 1. The van der Waals surface area contributed by atoms with Gasteiger partial charge in [-0.2, -0.15) is 0 Å². The summed E-state index contributed by atoms with van der Waals surface area (Å²) in [6.07, 6.45) is -0.473. The number of ether oxygens (including phenoxy) is 2. The predicted molar refractivity (Wildman–Crippen MR) is 118 cm³/mol. The van der Waals surface area contributed by atoms with Gasteiger partial charge in [0.25, 0.3) is 17.7 Å². The number of fused-ring (bicyclic) bond motifs is 1. The highest BCUT2D eigenvalue weighted by molar-refractivity contribution is 6.22. The number of para-hydroxylation sites is 2. The third kappa shape index (κ3) is 4.49. The summed E-state index contributed by atoms with van der Waals surface area (Å²) in [6.45, 7) is 7.39. The van der Waals surface area contributed by atoms with Crippen molar-refractivity contribution in [3.8, 4) is 5.75 Å². The van der Waals surface area contributed by atoms with Gasteiger partial charge in [-0.15, -0.1) is 0 Å². The number of carbonyl (C=O) groups excluding carboxylic acids is 4. The SMILES string of the molecule is CCOc1ccccc1NC(=O)C(C)OC(=O)c1ccc2c(c1)C(=O)N(C(C)CC)C2=O. The second kappa shape index (κ2) is 9.64. The van der Waals surface area contributed by atoms with E-state index in [0.29, 0.717) is 24.5 Å². The molecule has 0 spiro atoms. The lowest BCUT2D eigenvalue weighted by atomic mass is 10.1. The summed E-state index contributed by atoms with van der Waals surface area (Å²) in [5.41, 5.74) is 0.969. The molecule has 2 atom stereocenters. The molecule has 1 aliphatic heterocycles. The van der Waals surface area contributed by atoms with Crippen molar-refractivity contribution in [2.45, 2.75) is 46.3 Å². The maximum atomic E-state index is 12.7. The fourth-order valence-electron chi connectivity index (χ4n) is 3.34. The monoisotopic (exact) mass is 438 g/mol. The summed E-state index contributed by atoms with van der Waals surface area (Å²) in [7, 11) is 0. The quantitative estimate of drug-likeness (QED) is 0.498. The van der Waals surface area contributed by atoms with Crippen molar-refractivity contribution in [2.75, 3.05) is 11.9 Å². The molecule has 2 aromatic carbocycles. The van der Waals surface area contributed by atoms with Crippen molar-refractivity contribution in [1.29, 1.82) is 0 Å². The standard InChI is InChI=1S/C24H26N2O6/c1-5-14(3)26-22(28)17-12-11-16(13-18(17)23(26)29)24(30)32-15(4)21(27)25-19-9-7-8-10-20(19)31-6-2/h7-15H,5-6H2,1-4H3,(H,25,27). The van der Waals surface area contributed by atoms with Gasteiger partial charge < -0.3 is 14.8 Å². The summed E-state index contributed by atoms with van der Waals surface area (Å²) in [6, 6.07) is 10.9. The Hall–Kier alpha value is -3.68. The molecule has 1 N–H and O–H groups in total. The molecule has 0 saturated carbocycles. The molecule has 3 rings (SSSR count). The minimum absolute atomic E-state index is 0.0882. The van der Waals surface area contributed by atoms with E-state index in [4.69, 9.17) is 9.47 Å². The van der Waals surface area contributed by atoms with Crippen LogP contribution in [0, 0.1) is 0 Å². The Kier molecular flexibility index (Phi) is 6.92. The van der Waals surface area contributed by atoms with Crippen LogP contribution in [0.3, 0.4) is 0 Å². The zero-order valence-electron chi connectivity index (χ0n) is 18.5. The minimum Gasteiger partial charge on any atom is -0.492 e. The number of hydrogen-bond donors (Lipinski definition) is 1. The number of esters is 1. The van der Waals surface area contributed by atoms with Crippen molar-refractivity contribution in [3.05, 3.63) is 59.2 Å². The first-order valence-electron chi connectivity index (χ1n) is 10.5. The minimum atomic E-state index is -1.10. The van der Waals surface area contributed by atoms with Gasteiger partial charge in [-0.1, -0.05) is 19.1 Å². The number of benzene rings is 2. The number of carbonyl (C=O) groups is 4. The highest BCUT2D eigenvalue weighted by Crippen LogP contribution is 2.27. The van der Waals surface area contributed by atoms with Crippen LogP contribution >= 0.6 is 0 Å². The Morgan fingerprint density at radius 3 is 2.38 bits per heavy atom. The molecule has 32 heavy (non-hydrogen) atoms. The molecule has 8 heteroatoms. The van der Waals surface area contributed by atoms with Gasteiger partial charge in [0.15, 0.2) is 6.10 Å². The van der Waals surface area contributed by atoms with E-state index < -0.39 is 23.9 Å². The lowest BCUT2D eigenvalue weighted by molar-refractivity contribution is -0.123. The molecule has 0 aromatic heterocycles. The van der Waals surface area contributed by atoms with Crippen LogP contribution in [0.15, 0.2) is 42.5 Å². The first-order chi connectivity index (χ1) is 15.3. The van der Waals surface area contributed by atoms with Crippen LogP contribution in [0.5, 0.6) is 5.75 Å². The second-order valence-electron chi connectivity index (χ2n) is 7.46. The van der Waals surface area contributed by atoms with Gasteiger partial charge in [0.05, 0.1) is 29.0 Å². The topological polar surface area (TPSA) is 102 Å². The molecule has 1 heterocycles. The van der Waals surface area contributed by atoms with Crippen molar-refractivity contribution in [3.63, 3.8) is 0 Å². The Bertz CT molecular complexity index is 1060. The number of hydrogen-bond acceptors (Lipinski definition) is 6. The molecule has 8 nitrogen and oxygen atoms in total. The molecule has 2 unspecified atom stereocenters. The molecule has 168 valence electrons. The van der Waals surface area contributed by atoms with E-state index in [1.54, 1.807) is 31.2 Å². The zero-order valence-corrected chi connectivity index (χ0v) is 18.5. The predicted octanol–water partition coefficient (Wildman–Crippen LogP) is 3.66. The zero-order chi connectivity index (χ0) is 23.4. The highest BCUT2D eigenvalue weighted by Gasteiger charge is 2.38. The lowest BCUT2D eigenvalue weighted by Crippen LogP contribution is -2.37. The van der Waals surface area contributed by atoms with E-state index in [-0.39, 0.29) is 28.6 Å². The summed E-state index contributed by atoms with van der Waals surface area (Å²) in [4.78, 5) is 51.5. The van der Waals surface area contributed by atoms with E-state index in [0.717, 1.165) is 0 Å². The van der Waals surface area contributed by atoms with Crippen LogP contribution < -0.4 is 10.1 Å². The van der Waals surface area contributed by atoms with Crippen LogP contribution in [-0.4, -0.2) is 47.3 Å². The van der Waals surface area contributed by atoms with Crippen LogP contribution in [0.1, 0.15) is 65.2 Å². The van der Waals surface area contributed by atoms with Crippen LogP contribution in [0.4, 0.5) is 5.69 Å². The van der Waals surface area contributed by atoms with Gasteiger partial charge in [0.2, 0.25) is 0 Å². The molecule has 0 radical (unpaired) electrons. The fraction of sp³-hybridized carbons (Fsp3) is 0.333. The molecule has 0 fully saturated rings. The van der Waals surface area contributed by atoms with E-state index in [1.165, 1.54) is 30.0 Å². The molecule has 0 aliphatic carbocycles. The van der Waals surface area contributed by atoms with E-state index in [1.807, 2.05) is 13.8 Å². The Morgan fingerprint density at radius 1 is 1.00 bits per heavy atom. The lowest BCUT2D eigenvalue weighted by Gasteiger charge is -2.20. The maximum Gasteiger partial charge on any atom is 0.338 e. The highest BCUT2D eigenvalue weighted by atomic mass is 16.5. The van der Waals surface area contributed by atoms with Gasteiger partial charge in [-0.05, 0) is 57.5 Å².